The quantitative estimate of drug-likeness (QED) is 0.607. The zero-order valence-corrected chi connectivity index (χ0v) is 14.5. The molecule has 3 aromatic carbocycles. The van der Waals surface area contributed by atoms with E-state index in [1.807, 2.05) is 42.5 Å². The van der Waals surface area contributed by atoms with Gasteiger partial charge in [0.1, 0.15) is 5.82 Å². The van der Waals surface area contributed by atoms with Gasteiger partial charge in [-0.15, -0.1) is 0 Å². The molecule has 2 amide bonds. The number of aliphatic hydroxyl groups excluding tert-OH is 1. The van der Waals surface area contributed by atoms with Gasteiger partial charge < -0.3 is 15.7 Å². The number of amides is 2. The molecular weight excluding hydrogens is 347 g/mol. The van der Waals surface area contributed by atoms with E-state index in [1.165, 1.54) is 24.3 Å². The minimum Gasteiger partial charge on any atom is -0.388 e. The van der Waals surface area contributed by atoms with Crippen molar-refractivity contribution in [3.63, 3.8) is 0 Å². The first-order valence-electron chi connectivity index (χ1n) is 8.55. The fourth-order valence-corrected chi connectivity index (χ4v) is 2.82. The van der Waals surface area contributed by atoms with Crippen LogP contribution in [0, 0.1) is 5.82 Å². The van der Waals surface area contributed by atoms with Crippen LogP contribution in [-0.2, 0) is 9.59 Å². The summed E-state index contributed by atoms with van der Waals surface area (Å²) in [6, 6.07) is 18.5. The van der Waals surface area contributed by atoms with Crippen LogP contribution in [0.15, 0.2) is 66.7 Å². The van der Waals surface area contributed by atoms with Crippen molar-refractivity contribution in [1.29, 1.82) is 0 Å². The van der Waals surface area contributed by atoms with Gasteiger partial charge in [-0.2, -0.15) is 0 Å². The lowest BCUT2D eigenvalue weighted by Crippen LogP contribution is -2.36. The largest absolute Gasteiger partial charge is 0.388 e. The van der Waals surface area contributed by atoms with Gasteiger partial charge in [0.15, 0.2) is 0 Å². The van der Waals surface area contributed by atoms with Crippen molar-refractivity contribution in [2.24, 2.45) is 0 Å². The molecule has 0 aromatic heterocycles. The SMILES string of the molecule is O=C(NCCC(O)c1cccc2ccccc12)C(=O)Nc1ccc(F)cc1. The molecule has 0 fully saturated rings. The highest BCUT2D eigenvalue weighted by molar-refractivity contribution is 6.39. The zero-order chi connectivity index (χ0) is 19.2. The van der Waals surface area contributed by atoms with Crippen LogP contribution < -0.4 is 10.6 Å². The third-order valence-electron chi connectivity index (χ3n) is 4.19. The molecule has 5 nitrogen and oxygen atoms in total. The number of nitrogens with one attached hydrogen (secondary N) is 2. The third-order valence-corrected chi connectivity index (χ3v) is 4.19. The van der Waals surface area contributed by atoms with Crippen LogP contribution in [0.1, 0.15) is 18.1 Å². The summed E-state index contributed by atoms with van der Waals surface area (Å²) in [4.78, 5) is 23.7. The number of benzene rings is 3. The topological polar surface area (TPSA) is 78.4 Å². The number of halogens is 1. The summed E-state index contributed by atoms with van der Waals surface area (Å²) in [5.74, 6) is -2.09. The highest BCUT2D eigenvalue weighted by Gasteiger charge is 2.15. The van der Waals surface area contributed by atoms with E-state index >= 15 is 0 Å². The lowest BCUT2D eigenvalue weighted by atomic mass is 9.99. The Kier molecular flexibility index (Phi) is 5.78. The van der Waals surface area contributed by atoms with Crippen LogP contribution in [0.4, 0.5) is 10.1 Å². The summed E-state index contributed by atoms with van der Waals surface area (Å²) >= 11 is 0. The molecule has 0 aliphatic heterocycles. The van der Waals surface area contributed by atoms with Gasteiger partial charge >= 0.3 is 11.8 Å². The second-order valence-electron chi connectivity index (χ2n) is 6.09. The van der Waals surface area contributed by atoms with Crippen LogP contribution >= 0.6 is 0 Å². The Morgan fingerprint density at radius 2 is 1.63 bits per heavy atom. The highest BCUT2D eigenvalue weighted by atomic mass is 19.1. The molecule has 3 rings (SSSR count). The second-order valence-corrected chi connectivity index (χ2v) is 6.09. The number of carbonyl (C=O) groups is 2. The van der Waals surface area contributed by atoms with E-state index in [0.717, 1.165) is 16.3 Å². The molecule has 0 heterocycles. The van der Waals surface area contributed by atoms with Crippen LogP contribution in [0.5, 0.6) is 0 Å². The van der Waals surface area contributed by atoms with E-state index < -0.39 is 23.7 Å². The van der Waals surface area contributed by atoms with Gasteiger partial charge in [0.05, 0.1) is 6.10 Å². The lowest BCUT2D eigenvalue weighted by molar-refractivity contribution is -0.136. The average molecular weight is 366 g/mol. The number of hydrogen-bond acceptors (Lipinski definition) is 3. The molecular formula is C21H19FN2O3. The fourth-order valence-electron chi connectivity index (χ4n) is 2.82. The van der Waals surface area contributed by atoms with E-state index in [9.17, 15) is 19.1 Å². The summed E-state index contributed by atoms with van der Waals surface area (Å²) in [5, 5.41) is 17.3. The molecule has 3 N–H and O–H groups in total. The monoisotopic (exact) mass is 366 g/mol. The van der Waals surface area contributed by atoms with Crippen molar-refractivity contribution >= 4 is 28.3 Å². The molecule has 1 unspecified atom stereocenters. The molecule has 0 bridgehead atoms. The molecule has 6 heteroatoms. The Balaban J connectivity index is 1.53. The minimum absolute atomic E-state index is 0.139. The molecule has 0 saturated carbocycles. The van der Waals surface area contributed by atoms with E-state index in [0.29, 0.717) is 5.69 Å². The summed E-state index contributed by atoms with van der Waals surface area (Å²) in [5.41, 5.74) is 1.10. The van der Waals surface area contributed by atoms with Crippen molar-refractivity contribution in [1.82, 2.24) is 5.32 Å². The molecule has 3 aromatic rings. The van der Waals surface area contributed by atoms with Gasteiger partial charge in [-0.25, -0.2) is 4.39 Å². The second kappa shape index (κ2) is 8.42. The van der Waals surface area contributed by atoms with Gasteiger partial charge in [0, 0.05) is 12.2 Å². The maximum Gasteiger partial charge on any atom is 0.313 e. The van der Waals surface area contributed by atoms with Gasteiger partial charge in [-0.1, -0.05) is 42.5 Å². The number of hydrogen-bond donors (Lipinski definition) is 3. The van der Waals surface area contributed by atoms with Crippen molar-refractivity contribution in [2.45, 2.75) is 12.5 Å². The van der Waals surface area contributed by atoms with Gasteiger partial charge in [-0.3, -0.25) is 9.59 Å². The predicted molar refractivity (Wildman–Crippen MR) is 102 cm³/mol. The van der Waals surface area contributed by atoms with Crippen LogP contribution in [0.25, 0.3) is 10.8 Å². The van der Waals surface area contributed by atoms with Crippen LogP contribution in [0.2, 0.25) is 0 Å². The first-order chi connectivity index (χ1) is 13.0. The molecule has 0 radical (unpaired) electrons. The molecule has 1 atom stereocenters. The summed E-state index contributed by atoms with van der Waals surface area (Å²) in [7, 11) is 0. The summed E-state index contributed by atoms with van der Waals surface area (Å²) in [6.07, 6.45) is -0.500. The maximum atomic E-state index is 12.8. The van der Waals surface area contributed by atoms with E-state index in [2.05, 4.69) is 10.6 Å². The first-order valence-corrected chi connectivity index (χ1v) is 8.55. The Morgan fingerprint density at radius 1 is 0.926 bits per heavy atom. The average Bonchev–Trinajstić information content (AvgIpc) is 2.69. The van der Waals surface area contributed by atoms with Gasteiger partial charge in [-0.05, 0) is 47.0 Å². The van der Waals surface area contributed by atoms with Crippen molar-refractivity contribution < 1.29 is 19.1 Å². The fraction of sp³-hybridized carbons (Fsp3) is 0.143. The standard InChI is InChI=1S/C21H19FN2O3/c22-15-8-10-16(11-9-15)24-21(27)20(26)23-13-12-19(25)18-7-3-5-14-4-1-2-6-17(14)18/h1-11,19,25H,12-13H2,(H,23,26)(H,24,27). The van der Waals surface area contributed by atoms with Crippen LogP contribution in [0.3, 0.4) is 0 Å². The lowest BCUT2D eigenvalue weighted by Gasteiger charge is -2.14. The smallest absolute Gasteiger partial charge is 0.313 e. The van der Waals surface area contributed by atoms with Crippen molar-refractivity contribution in [3.8, 4) is 0 Å². The molecule has 0 aliphatic carbocycles. The van der Waals surface area contributed by atoms with Crippen molar-refractivity contribution in [2.75, 3.05) is 11.9 Å². The normalized spacial score (nSPS) is 11.8. The highest BCUT2D eigenvalue weighted by Crippen LogP contribution is 2.25. The van der Waals surface area contributed by atoms with E-state index in [-0.39, 0.29) is 13.0 Å². The van der Waals surface area contributed by atoms with E-state index in [4.69, 9.17) is 0 Å². The summed E-state index contributed by atoms with van der Waals surface area (Å²) in [6.45, 7) is 0.139. The number of aliphatic hydroxyl groups is 1. The maximum absolute atomic E-state index is 12.8. The molecule has 0 aliphatic rings. The Morgan fingerprint density at radius 3 is 2.41 bits per heavy atom. The number of anilines is 1. The van der Waals surface area contributed by atoms with Gasteiger partial charge in [0.25, 0.3) is 0 Å². The number of rotatable bonds is 5. The van der Waals surface area contributed by atoms with Crippen molar-refractivity contribution in [3.05, 3.63) is 78.1 Å². The van der Waals surface area contributed by atoms with E-state index in [1.54, 1.807) is 0 Å². The Bertz CT molecular complexity index is 952. The minimum atomic E-state index is -0.846. The molecule has 27 heavy (non-hydrogen) atoms. The third kappa shape index (κ3) is 4.68. The molecule has 138 valence electrons. The molecule has 0 spiro atoms. The number of carbonyl (C=O) groups excluding carboxylic acids is 2. The van der Waals surface area contributed by atoms with Gasteiger partial charge in [0.2, 0.25) is 0 Å². The molecule has 0 saturated heterocycles. The van der Waals surface area contributed by atoms with Crippen LogP contribution in [-0.4, -0.2) is 23.5 Å². The predicted octanol–water partition coefficient (Wildman–Crippen LogP) is 3.16. The Labute approximate surface area is 155 Å². The first kappa shape index (κ1) is 18.5. The summed E-state index contributed by atoms with van der Waals surface area (Å²) < 4.78 is 12.8. The number of fused-ring (bicyclic) bond motifs is 1. The Hall–Kier alpha value is -3.25. The zero-order valence-electron chi connectivity index (χ0n) is 14.5.